The second-order valence-electron chi connectivity index (χ2n) is 15.0. The van der Waals surface area contributed by atoms with Gasteiger partial charge in [0.2, 0.25) is 0 Å². The van der Waals surface area contributed by atoms with E-state index in [1.807, 2.05) is 0 Å². The SMILES string of the molecule is CC/C=C\C/C=C\C/C=C\C/C=C\C/C=C\CCCCCCCC(=O)OC(COCCCCCCCC/C=C\C/C=C\CCCCCC)COP(=O)(O)OCC(O)CO. The maximum absolute atomic E-state index is 12.6. The average Bonchev–Trinajstić information content (AvgIpc) is 3.23. The summed E-state index contributed by atoms with van der Waals surface area (Å²) in [5, 5.41) is 18.4. The molecule has 0 amide bonds. The molecule has 0 aromatic rings. The lowest BCUT2D eigenvalue weighted by atomic mass is 10.1. The number of carbonyl (C=O) groups excluding carboxylic acids is 1. The second kappa shape index (κ2) is 45.2. The highest BCUT2D eigenvalue weighted by Crippen LogP contribution is 2.43. The topological polar surface area (TPSA) is 132 Å². The van der Waals surface area contributed by atoms with Gasteiger partial charge in [0.25, 0.3) is 0 Å². The number of esters is 1. The molecule has 0 rings (SSSR count). The first-order valence-corrected chi connectivity index (χ1v) is 24.6. The molecule has 3 N–H and O–H groups in total. The Hall–Kier alpha value is -2.36. The molecule has 0 bridgehead atoms. The Labute approximate surface area is 360 Å². The van der Waals surface area contributed by atoms with Crippen LogP contribution in [0, 0.1) is 0 Å². The third-order valence-corrected chi connectivity index (χ3v) is 10.3. The molecule has 0 aliphatic heterocycles. The van der Waals surface area contributed by atoms with E-state index in [0.717, 1.165) is 96.3 Å². The lowest BCUT2D eigenvalue weighted by Gasteiger charge is -2.20. The Morgan fingerprint density at radius 1 is 0.542 bits per heavy atom. The molecule has 0 saturated carbocycles. The standard InChI is InChI=1S/C49H85O9P/c1-3-5-7-9-11-13-15-17-19-21-22-23-24-25-27-29-31-33-35-37-39-41-49(52)58-48(46-57-59(53,54)56-44-47(51)43-50)45-55-42-40-38-36-34-32-30-28-26-20-18-16-14-12-10-8-6-4-2/h5,7,11,13-14,16-17,19-20,22-23,25-27,47-48,50-51H,3-4,6,8-10,12,15,18,21,24,28-46H2,1-2H3,(H,53,54)/b7-5-,13-11-,16-14-,19-17-,23-22-,26-20-,27-25-. The molecular formula is C49H85O9P. The van der Waals surface area contributed by atoms with Gasteiger partial charge in [0.1, 0.15) is 12.2 Å². The summed E-state index contributed by atoms with van der Waals surface area (Å²) in [6.07, 6.45) is 55.4. The number of allylic oxidation sites excluding steroid dienone is 14. The number of aliphatic hydroxyl groups excluding tert-OH is 2. The Morgan fingerprint density at radius 2 is 0.966 bits per heavy atom. The Bertz CT molecular complexity index is 1190. The highest BCUT2D eigenvalue weighted by atomic mass is 31.2. The van der Waals surface area contributed by atoms with Gasteiger partial charge >= 0.3 is 13.8 Å². The highest BCUT2D eigenvalue weighted by Gasteiger charge is 2.26. The number of phosphoric ester groups is 1. The highest BCUT2D eigenvalue weighted by molar-refractivity contribution is 7.47. The first-order chi connectivity index (χ1) is 28.8. The van der Waals surface area contributed by atoms with Gasteiger partial charge in [-0.05, 0) is 89.9 Å². The maximum atomic E-state index is 12.6. The zero-order valence-corrected chi connectivity index (χ0v) is 38.1. The molecule has 0 aliphatic carbocycles. The van der Waals surface area contributed by atoms with Crippen molar-refractivity contribution in [2.24, 2.45) is 0 Å². The molecular weight excluding hydrogens is 764 g/mol. The number of rotatable bonds is 43. The molecule has 3 unspecified atom stereocenters. The number of hydrogen-bond acceptors (Lipinski definition) is 8. The third kappa shape index (κ3) is 45.0. The molecule has 9 nitrogen and oxygen atoms in total. The van der Waals surface area contributed by atoms with Crippen LogP contribution in [0.3, 0.4) is 0 Å². The molecule has 0 aromatic heterocycles. The first kappa shape index (κ1) is 56.6. The van der Waals surface area contributed by atoms with E-state index in [1.54, 1.807) is 0 Å². The fraction of sp³-hybridized carbons (Fsp3) is 0.694. The largest absolute Gasteiger partial charge is 0.472 e. The first-order valence-electron chi connectivity index (χ1n) is 23.1. The summed E-state index contributed by atoms with van der Waals surface area (Å²) in [7, 11) is -4.53. The van der Waals surface area contributed by atoms with Crippen LogP contribution in [0.5, 0.6) is 0 Å². The summed E-state index contributed by atoms with van der Waals surface area (Å²) < 4.78 is 33.4. The summed E-state index contributed by atoms with van der Waals surface area (Å²) in [6.45, 7) is 3.32. The van der Waals surface area contributed by atoms with Crippen molar-refractivity contribution in [3.63, 3.8) is 0 Å². The van der Waals surface area contributed by atoms with Crippen LogP contribution in [-0.2, 0) is 27.9 Å². The smallest absolute Gasteiger partial charge is 0.457 e. The Balaban J connectivity index is 4.23. The van der Waals surface area contributed by atoms with Crippen LogP contribution in [0.25, 0.3) is 0 Å². The van der Waals surface area contributed by atoms with Gasteiger partial charge in [0.05, 0.1) is 26.4 Å². The van der Waals surface area contributed by atoms with Crippen LogP contribution >= 0.6 is 7.82 Å². The van der Waals surface area contributed by atoms with E-state index in [1.165, 1.54) is 51.4 Å². The van der Waals surface area contributed by atoms with Crippen LogP contribution in [0.1, 0.15) is 174 Å². The van der Waals surface area contributed by atoms with Crippen molar-refractivity contribution < 1.29 is 43.0 Å². The molecule has 0 heterocycles. The van der Waals surface area contributed by atoms with E-state index in [9.17, 15) is 19.4 Å². The van der Waals surface area contributed by atoms with Gasteiger partial charge in [-0.3, -0.25) is 13.8 Å². The number of phosphoric acid groups is 1. The summed E-state index contributed by atoms with van der Waals surface area (Å²) in [5.41, 5.74) is 0. The van der Waals surface area contributed by atoms with Crippen molar-refractivity contribution in [1.82, 2.24) is 0 Å². The Morgan fingerprint density at radius 3 is 1.46 bits per heavy atom. The van der Waals surface area contributed by atoms with Gasteiger partial charge in [-0.2, -0.15) is 0 Å². The predicted molar refractivity (Wildman–Crippen MR) is 246 cm³/mol. The van der Waals surface area contributed by atoms with E-state index >= 15 is 0 Å². The fourth-order valence-electron chi connectivity index (χ4n) is 5.82. The summed E-state index contributed by atoms with van der Waals surface area (Å²) in [6, 6.07) is 0. The minimum absolute atomic E-state index is 0.0290. The van der Waals surface area contributed by atoms with Crippen LogP contribution < -0.4 is 0 Å². The van der Waals surface area contributed by atoms with Crippen molar-refractivity contribution in [3.05, 3.63) is 85.1 Å². The summed E-state index contributed by atoms with van der Waals surface area (Å²) in [5.74, 6) is -0.408. The zero-order chi connectivity index (χ0) is 43.2. The second-order valence-corrected chi connectivity index (χ2v) is 16.5. The number of ether oxygens (including phenoxy) is 2. The lowest BCUT2D eigenvalue weighted by Crippen LogP contribution is -2.29. The van der Waals surface area contributed by atoms with Crippen molar-refractivity contribution in [3.8, 4) is 0 Å². The van der Waals surface area contributed by atoms with Gasteiger partial charge in [-0.15, -0.1) is 0 Å². The van der Waals surface area contributed by atoms with Gasteiger partial charge in [0, 0.05) is 13.0 Å². The number of unbranched alkanes of at least 4 members (excludes halogenated alkanes) is 15. The van der Waals surface area contributed by atoms with Gasteiger partial charge in [-0.25, -0.2) is 4.57 Å². The van der Waals surface area contributed by atoms with Crippen molar-refractivity contribution in [1.29, 1.82) is 0 Å². The number of carbonyl (C=O) groups is 1. The maximum Gasteiger partial charge on any atom is 0.472 e. The summed E-state index contributed by atoms with van der Waals surface area (Å²) >= 11 is 0. The van der Waals surface area contributed by atoms with E-state index in [0.29, 0.717) is 13.0 Å². The van der Waals surface area contributed by atoms with Gasteiger partial charge in [-0.1, -0.05) is 163 Å². The van der Waals surface area contributed by atoms with Crippen molar-refractivity contribution in [2.45, 2.75) is 187 Å². The van der Waals surface area contributed by atoms with Crippen LogP contribution in [0.4, 0.5) is 0 Å². The van der Waals surface area contributed by atoms with Crippen LogP contribution in [0.15, 0.2) is 85.1 Å². The van der Waals surface area contributed by atoms with Crippen molar-refractivity contribution in [2.75, 3.05) is 33.0 Å². The molecule has 0 fully saturated rings. The van der Waals surface area contributed by atoms with Gasteiger partial charge < -0.3 is 24.6 Å². The molecule has 10 heteroatoms. The molecule has 0 aromatic carbocycles. The Kier molecular flexibility index (Phi) is 43.4. The predicted octanol–water partition coefficient (Wildman–Crippen LogP) is 13.1. The third-order valence-electron chi connectivity index (χ3n) is 9.31. The van der Waals surface area contributed by atoms with Gasteiger partial charge in [0.15, 0.2) is 0 Å². The summed E-state index contributed by atoms with van der Waals surface area (Å²) in [4.78, 5) is 22.6. The minimum atomic E-state index is -4.53. The quantitative estimate of drug-likeness (QED) is 0.0237. The molecule has 0 saturated heterocycles. The molecule has 0 aliphatic rings. The molecule has 59 heavy (non-hydrogen) atoms. The van der Waals surface area contributed by atoms with Crippen LogP contribution in [0.2, 0.25) is 0 Å². The van der Waals surface area contributed by atoms with Crippen molar-refractivity contribution >= 4 is 13.8 Å². The van der Waals surface area contributed by atoms with E-state index in [2.05, 4.69) is 98.9 Å². The monoisotopic (exact) mass is 849 g/mol. The van der Waals surface area contributed by atoms with E-state index in [4.69, 9.17) is 23.6 Å². The average molecular weight is 849 g/mol. The lowest BCUT2D eigenvalue weighted by molar-refractivity contribution is -0.154. The number of hydrogen-bond donors (Lipinski definition) is 3. The van der Waals surface area contributed by atoms with Crippen LogP contribution in [-0.4, -0.2) is 66.3 Å². The van der Waals surface area contributed by atoms with E-state index in [-0.39, 0.29) is 13.0 Å². The molecule has 0 spiro atoms. The fourth-order valence-corrected chi connectivity index (χ4v) is 6.61. The molecule has 340 valence electrons. The normalized spacial score (nSPS) is 14.7. The zero-order valence-electron chi connectivity index (χ0n) is 37.2. The molecule has 3 atom stereocenters. The number of aliphatic hydroxyl groups is 2. The molecule has 0 radical (unpaired) electrons. The minimum Gasteiger partial charge on any atom is -0.457 e. The van der Waals surface area contributed by atoms with E-state index < -0.39 is 45.8 Å².